The van der Waals surface area contributed by atoms with Crippen LogP contribution in [0.15, 0.2) is 18.2 Å². The van der Waals surface area contributed by atoms with Gasteiger partial charge >= 0.3 is 5.97 Å². The van der Waals surface area contributed by atoms with Crippen molar-refractivity contribution < 1.29 is 19.6 Å². The first kappa shape index (κ1) is 14.3. The minimum Gasteiger partial charge on any atom is -0.478 e. The molecule has 20 heavy (non-hydrogen) atoms. The maximum Gasteiger partial charge on any atom is 0.337 e. The molecule has 7 heteroatoms. The zero-order valence-electron chi connectivity index (χ0n) is 11.3. The van der Waals surface area contributed by atoms with Gasteiger partial charge in [-0.1, -0.05) is 0 Å². The number of rotatable bonds is 4. The third-order valence-corrected chi connectivity index (χ3v) is 3.64. The molecule has 7 nitrogen and oxygen atoms in total. The number of nitrogens with zero attached hydrogens (tertiary/aromatic N) is 2. The molecule has 2 unspecified atom stereocenters. The number of benzene rings is 1. The lowest BCUT2D eigenvalue weighted by Crippen LogP contribution is -2.37. The molecule has 0 aromatic heterocycles. The van der Waals surface area contributed by atoms with E-state index in [9.17, 15) is 20.0 Å². The van der Waals surface area contributed by atoms with Gasteiger partial charge < -0.3 is 14.7 Å². The van der Waals surface area contributed by atoms with Crippen LogP contribution in [-0.4, -0.2) is 41.8 Å². The third kappa shape index (κ3) is 2.57. The lowest BCUT2D eigenvalue weighted by atomic mass is 10.1. The van der Waals surface area contributed by atoms with Gasteiger partial charge in [0.15, 0.2) is 0 Å². The van der Waals surface area contributed by atoms with Crippen molar-refractivity contribution in [2.45, 2.75) is 25.5 Å². The van der Waals surface area contributed by atoms with Crippen molar-refractivity contribution in [3.05, 3.63) is 33.9 Å². The summed E-state index contributed by atoms with van der Waals surface area (Å²) in [6.07, 6.45) is 0.722. The summed E-state index contributed by atoms with van der Waals surface area (Å²) in [5.74, 6) is -1.10. The minimum absolute atomic E-state index is 0.00936. The average molecular weight is 280 g/mol. The zero-order valence-corrected chi connectivity index (χ0v) is 11.3. The Morgan fingerprint density at radius 2 is 2.25 bits per heavy atom. The fourth-order valence-electron chi connectivity index (χ4n) is 2.51. The minimum atomic E-state index is -1.10. The van der Waals surface area contributed by atoms with E-state index in [1.54, 1.807) is 11.9 Å². The van der Waals surface area contributed by atoms with Crippen LogP contribution in [0.5, 0.6) is 0 Å². The lowest BCUT2D eigenvalue weighted by Gasteiger charge is -2.29. The molecule has 1 aliphatic rings. The summed E-state index contributed by atoms with van der Waals surface area (Å²) in [4.78, 5) is 23.4. The largest absolute Gasteiger partial charge is 0.478 e. The van der Waals surface area contributed by atoms with Gasteiger partial charge in [0, 0.05) is 25.8 Å². The number of anilines is 1. The number of carbonyl (C=O) groups is 1. The topological polar surface area (TPSA) is 92.9 Å². The maximum atomic E-state index is 11.3. The van der Waals surface area contributed by atoms with E-state index in [1.807, 2.05) is 6.92 Å². The van der Waals surface area contributed by atoms with Crippen LogP contribution in [0.4, 0.5) is 11.4 Å². The normalized spacial score (nSPS) is 21.7. The van der Waals surface area contributed by atoms with Crippen molar-refractivity contribution in [3.63, 3.8) is 0 Å². The smallest absolute Gasteiger partial charge is 0.337 e. The number of carboxylic acids is 1. The van der Waals surface area contributed by atoms with Gasteiger partial charge in [0.25, 0.3) is 5.69 Å². The summed E-state index contributed by atoms with van der Waals surface area (Å²) in [5.41, 5.74) is 0.273. The standard InChI is InChI=1S/C13H16N2O5/c1-8-11(5-6-20-8)14(2)12-7-9(15(18)19)3-4-10(12)13(16)17/h3-4,7-8,11H,5-6H2,1-2H3,(H,16,17). The molecule has 1 heterocycles. The predicted octanol–water partition coefficient (Wildman–Crippen LogP) is 1.91. The highest BCUT2D eigenvalue weighted by Crippen LogP contribution is 2.30. The van der Waals surface area contributed by atoms with Crippen LogP contribution in [-0.2, 0) is 4.74 Å². The number of ether oxygens (including phenoxy) is 1. The van der Waals surface area contributed by atoms with Crippen molar-refractivity contribution in [2.24, 2.45) is 0 Å². The molecule has 2 atom stereocenters. The number of nitro groups is 1. The molecular weight excluding hydrogens is 264 g/mol. The molecule has 0 aliphatic carbocycles. The molecule has 1 N–H and O–H groups in total. The van der Waals surface area contributed by atoms with Gasteiger partial charge in [-0.25, -0.2) is 4.79 Å². The van der Waals surface area contributed by atoms with Gasteiger partial charge in [-0.3, -0.25) is 10.1 Å². The first-order valence-electron chi connectivity index (χ1n) is 6.28. The second kappa shape index (κ2) is 5.46. The predicted molar refractivity (Wildman–Crippen MR) is 72.3 cm³/mol. The van der Waals surface area contributed by atoms with E-state index in [0.29, 0.717) is 12.3 Å². The highest BCUT2D eigenvalue weighted by atomic mass is 16.6. The van der Waals surface area contributed by atoms with Crippen LogP contribution in [0.1, 0.15) is 23.7 Å². The Balaban J connectivity index is 2.43. The highest BCUT2D eigenvalue weighted by molar-refractivity contribution is 5.95. The van der Waals surface area contributed by atoms with E-state index in [0.717, 1.165) is 6.42 Å². The number of hydrogen-bond donors (Lipinski definition) is 1. The molecule has 1 saturated heterocycles. The van der Waals surface area contributed by atoms with E-state index in [-0.39, 0.29) is 23.4 Å². The quantitative estimate of drug-likeness (QED) is 0.669. The summed E-state index contributed by atoms with van der Waals surface area (Å²) in [6.45, 7) is 2.51. The molecule has 0 saturated carbocycles. The Morgan fingerprint density at radius 3 is 2.75 bits per heavy atom. The summed E-state index contributed by atoms with van der Waals surface area (Å²) in [5, 5.41) is 20.1. The molecular formula is C13H16N2O5. The zero-order chi connectivity index (χ0) is 14.9. The maximum absolute atomic E-state index is 11.3. The Bertz CT molecular complexity index is 546. The summed E-state index contributed by atoms with van der Waals surface area (Å²) >= 11 is 0. The molecule has 1 fully saturated rings. The Hall–Kier alpha value is -2.15. The first-order chi connectivity index (χ1) is 9.41. The number of carboxylic acid groups (broad SMARTS) is 1. The summed E-state index contributed by atoms with van der Waals surface area (Å²) in [7, 11) is 1.74. The molecule has 0 radical (unpaired) electrons. The van der Waals surface area contributed by atoms with Crippen molar-refractivity contribution in [2.75, 3.05) is 18.6 Å². The monoisotopic (exact) mass is 280 g/mol. The second-order valence-corrected chi connectivity index (χ2v) is 4.81. The SMILES string of the molecule is CC1OCCC1N(C)c1cc([N+](=O)[O-])ccc1C(=O)O. The fourth-order valence-corrected chi connectivity index (χ4v) is 2.51. The van der Waals surface area contributed by atoms with Gasteiger partial charge in [-0.15, -0.1) is 0 Å². The van der Waals surface area contributed by atoms with Crippen LogP contribution in [0.3, 0.4) is 0 Å². The van der Waals surface area contributed by atoms with E-state index < -0.39 is 10.9 Å². The molecule has 108 valence electrons. The molecule has 0 bridgehead atoms. The fraction of sp³-hybridized carbons (Fsp3) is 0.462. The van der Waals surface area contributed by atoms with E-state index in [4.69, 9.17) is 4.74 Å². The average Bonchev–Trinajstić information content (AvgIpc) is 2.83. The van der Waals surface area contributed by atoms with Gasteiger partial charge in [0.1, 0.15) is 0 Å². The molecule has 1 aliphatic heterocycles. The van der Waals surface area contributed by atoms with E-state index >= 15 is 0 Å². The Labute approximate surface area is 115 Å². The molecule has 1 aromatic carbocycles. The van der Waals surface area contributed by atoms with Crippen molar-refractivity contribution in [1.29, 1.82) is 0 Å². The second-order valence-electron chi connectivity index (χ2n) is 4.81. The van der Waals surface area contributed by atoms with Crippen molar-refractivity contribution >= 4 is 17.3 Å². The summed E-state index contributed by atoms with van der Waals surface area (Å²) in [6, 6.07) is 3.78. The van der Waals surface area contributed by atoms with Gasteiger partial charge in [-0.2, -0.15) is 0 Å². The summed E-state index contributed by atoms with van der Waals surface area (Å²) < 4.78 is 5.46. The van der Waals surface area contributed by atoms with Crippen LogP contribution in [0.2, 0.25) is 0 Å². The number of likely N-dealkylation sites (N-methyl/N-ethyl adjacent to an activating group) is 1. The van der Waals surface area contributed by atoms with Crippen LogP contribution >= 0.6 is 0 Å². The molecule has 0 amide bonds. The highest BCUT2D eigenvalue weighted by Gasteiger charge is 2.30. The number of aromatic carboxylic acids is 1. The van der Waals surface area contributed by atoms with Gasteiger partial charge in [-0.05, 0) is 19.4 Å². The van der Waals surface area contributed by atoms with Gasteiger partial charge in [0.2, 0.25) is 0 Å². The number of nitro benzene ring substituents is 1. The van der Waals surface area contributed by atoms with Gasteiger partial charge in [0.05, 0.1) is 28.3 Å². The lowest BCUT2D eigenvalue weighted by molar-refractivity contribution is -0.384. The van der Waals surface area contributed by atoms with Crippen LogP contribution < -0.4 is 4.90 Å². The molecule has 0 spiro atoms. The van der Waals surface area contributed by atoms with Crippen LogP contribution in [0, 0.1) is 10.1 Å². The van der Waals surface area contributed by atoms with Crippen molar-refractivity contribution in [1.82, 2.24) is 0 Å². The number of hydrogen-bond acceptors (Lipinski definition) is 5. The molecule has 2 rings (SSSR count). The Kier molecular flexibility index (Phi) is 3.89. The first-order valence-corrected chi connectivity index (χ1v) is 6.28. The van der Waals surface area contributed by atoms with E-state index in [1.165, 1.54) is 18.2 Å². The third-order valence-electron chi connectivity index (χ3n) is 3.64. The van der Waals surface area contributed by atoms with Crippen LogP contribution in [0.25, 0.3) is 0 Å². The number of non-ortho nitro benzene ring substituents is 1. The Morgan fingerprint density at radius 1 is 1.55 bits per heavy atom. The molecule has 1 aromatic rings. The van der Waals surface area contributed by atoms with E-state index in [2.05, 4.69) is 0 Å². The van der Waals surface area contributed by atoms with Crippen molar-refractivity contribution in [3.8, 4) is 0 Å².